The van der Waals surface area contributed by atoms with E-state index < -0.39 is 12.1 Å². The number of carbonyl (C=O) groups excluding carboxylic acids is 2. The van der Waals surface area contributed by atoms with Crippen molar-refractivity contribution in [2.75, 3.05) is 11.9 Å². The first-order valence-corrected chi connectivity index (χ1v) is 7.50. The van der Waals surface area contributed by atoms with Crippen LogP contribution in [0.5, 0.6) is 0 Å². The third kappa shape index (κ3) is 4.05. The zero-order valence-electron chi connectivity index (χ0n) is 13.1. The molecule has 6 heteroatoms. The van der Waals surface area contributed by atoms with Crippen LogP contribution >= 0.6 is 0 Å². The first-order valence-electron chi connectivity index (χ1n) is 7.50. The molecule has 1 aliphatic rings. The standard InChI is InChI=1S/C16H23N3O3/c1-9(2)18-15(21)13-6-11(5-4-10(13)3)19-16(22)14-7-12(20)8-17-14/h4-6,9,12,14,17,20H,7-8H2,1-3H3,(H,18,21)(H,19,22). The number of rotatable bonds is 4. The van der Waals surface area contributed by atoms with E-state index in [0.717, 1.165) is 5.56 Å². The Balaban J connectivity index is 2.09. The van der Waals surface area contributed by atoms with Gasteiger partial charge in [-0.05, 0) is 44.9 Å². The quantitative estimate of drug-likeness (QED) is 0.662. The number of anilines is 1. The van der Waals surface area contributed by atoms with Gasteiger partial charge in [0.05, 0.1) is 12.1 Å². The molecule has 0 spiro atoms. The number of nitrogens with one attached hydrogen (secondary N) is 3. The number of aryl methyl sites for hydroxylation is 1. The summed E-state index contributed by atoms with van der Waals surface area (Å²) in [6.45, 7) is 6.08. The molecule has 2 atom stereocenters. The molecule has 0 radical (unpaired) electrons. The number of aliphatic hydroxyl groups excluding tert-OH is 1. The van der Waals surface area contributed by atoms with Gasteiger partial charge in [-0.15, -0.1) is 0 Å². The van der Waals surface area contributed by atoms with Crippen molar-refractivity contribution in [3.63, 3.8) is 0 Å². The summed E-state index contributed by atoms with van der Waals surface area (Å²) < 4.78 is 0. The van der Waals surface area contributed by atoms with Crippen LogP contribution in [0.25, 0.3) is 0 Å². The summed E-state index contributed by atoms with van der Waals surface area (Å²) in [5, 5.41) is 18.0. The predicted octanol–water partition coefficient (Wildman–Crippen LogP) is 0.795. The van der Waals surface area contributed by atoms with Crippen molar-refractivity contribution < 1.29 is 14.7 Å². The highest BCUT2D eigenvalue weighted by molar-refractivity contribution is 5.99. The molecule has 1 aromatic carbocycles. The molecule has 1 saturated heterocycles. The maximum absolute atomic E-state index is 12.1. The van der Waals surface area contributed by atoms with E-state index in [2.05, 4.69) is 16.0 Å². The number of β-amino-alcohol motifs (C(OH)–C–C–N with tert-alkyl or cyclic N) is 1. The molecular weight excluding hydrogens is 282 g/mol. The molecule has 0 bridgehead atoms. The minimum Gasteiger partial charge on any atom is -0.392 e. The molecule has 2 amide bonds. The van der Waals surface area contributed by atoms with Gasteiger partial charge in [-0.2, -0.15) is 0 Å². The van der Waals surface area contributed by atoms with Crippen LogP contribution in [-0.4, -0.2) is 41.7 Å². The SMILES string of the molecule is Cc1ccc(NC(=O)C2CC(O)CN2)cc1C(=O)NC(C)C. The molecule has 6 nitrogen and oxygen atoms in total. The molecule has 22 heavy (non-hydrogen) atoms. The average molecular weight is 305 g/mol. The lowest BCUT2D eigenvalue weighted by Gasteiger charge is -2.14. The van der Waals surface area contributed by atoms with Crippen molar-refractivity contribution in [2.45, 2.75) is 45.4 Å². The summed E-state index contributed by atoms with van der Waals surface area (Å²) in [7, 11) is 0. The van der Waals surface area contributed by atoms with E-state index in [0.29, 0.717) is 24.2 Å². The number of hydrogen-bond acceptors (Lipinski definition) is 4. The van der Waals surface area contributed by atoms with E-state index in [9.17, 15) is 14.7 Å². The van der Waals surface area contributed by atoms with Crippen molar-refractivity contribution in [3.8, 4) is 0 Å². The number of carbonyl (C=O) groups is 2. The molecular formula is C16H23N3O3. The van der Waals surface area contributed by atoms with E-state index in [1.807, 2.05) is 26.8 Å². The van der Waals surface area contributed by atoms with Crippen LogP contribution in [0.15, 0.2) is 18.2 Å². The van der Waals surface area contributed by atoms with E-state index in [4.69, 9.17) is 0 Å². The van der Waals surface area contributed by atoms with Crippen molar-refractivity contribution in [1.82, 2.24) is 10.6 Å². The molecule has 2 rings (SSSR count). The summed E-state index contributed by atoms with van der Waals surface area (Å²) in [4.78, 5) is 24.3. The maximum Gasteiger partial charge on any atom is 0.251 e. The van der Waals surface area contributed by atoms with Crippen LogP contribution in [0.3, 0.4) is 0 Å². The molecule has 0 aliphatic carbocycles. The first-order chi connectivity index (χ1) is 10.4. The summed E-state index contributed by atoms with van der Waals surface area (Å²) in [5.41, 5.74) is 1.98. The summed E-state index contributed by atoms with van der Waals surface area (Å²) in [6, 6.07) is 4.90. The lowest BCUT2D eigenvalue weighted by Crippen LogP contribution is -2.35. The van der Waals surface area contributed by atoms with Crippen molar-refractivity contribution in [3.05, 3.63) is 29.3 Å². The Bertz CT molecular complexity index is 572. The molecule has 1 fully saturated rings. The molecule has 1 aliphatic heterocycles. The smallest absolute Gasteiger partial charge is 0.251 e. The zero-order chi connectivity index (χ0) is 16.3. The van der Waals surface area contributed by atoms with Gasteiger partial charge in [0.25, 0.3) is 5.91 Å². The maximum atomic E-state index is 12.1. The fraction of sp³-hybridized carbons (Fsp3) is 0.500. The summed E-state index contributed by atoms with van der Waals surface area (Å²) in [5.74, 6) is -0.353. The van der Waals surface area contributed by atoms with Gasteiger partial charge in [0, 0.05) is 23.8 Å². The van der Waals surface area contributed by atoms with Gasteiger partial charge < -0.3 is 21.1 Å². The van der Waals surface area contributed by atoms with Crippen LogP contribution in [-0.2, 0) is 4.79 Å². The summed E-state index contributed by atoms with van der Waals surface area (Å²) in [6.07, 6.45) is -0.0839. The van der Waals surface area contributed by atoms with Gasteiger partial charge in [0.1, 0.15) is 0 Å². The van der Waals surface area contributed by atoms with Crippen molar-refractivity contribution in [2.24, 2.45) is 0 Å². The van der Waals surface area contributed by atoms with Gasteiger partial charge >= 0.3 is 0 Å². The summed E-state index contributed by atoms with van der Waals surface area (Å²) >= 11 is 0. The Kier molecular flexibility index (Phi) is 5.15. The Morgan fingerprint density at radius 3 is 2.68 bits per heavy atom. The Morgan fingerprint density at radius 1 is 1.36 bits per heavy atom. The van der Waals surface area contributed by atoms with Gasteiger partial charge in [0.15, 0.2) is 0 Å². The topological polar surface area (TPSA) is 90.5 Å². The molecule has 0 aromatic heterocycles. The first kappa shape index (κ1) is 16.5. The van der Waals surface area contributed by atoms with E-state index >= 15 is 0 Å². The molecule has 2 unspecified atom stereocenters. The van der Waals surface area contributed by atoms with Crippen molar-refractivity contribution in [1.29, 1.82) is 0 Å². The highest BCUT2D eigenvalue weighted by Crippen LogP contribution is 2.17. The highest BCUT2D eigenvalue weighted by atomic mass is 16.3. The molecule has 1 aromatic rings. The monoisotopic (exact) mass is 305 g/mol. The van der Waals surface area contributed by atoms with Gasteiger partial charge in [-0.3, -0.25) is 9.59 Å². The highest BCUT2D eigenvalue weighted by Gasteiger charge is 2.28. The minimum atomic E-state index is -0.485. The van der Waals surface area contributed by atoms with Crippen LogP contribution in [0.2, 0.25) is 0 Å². The fourth-order valence-electron chi connectivity index (χ4n) is 2.43. The van der Waals surface area contributed by atoms with Crippen molar-refractivity contribution >= 4 is 17.5 Å². The largest absolute Gasteiger partial charge is 0.392 e. The number of hydrogen-bond donors (Lipinski definition) is 4. The zero-order valence-corrected chi connectivity index (χ0v) is 13.1. The predicted molar refractivity (Wildman–Crippen MR) is 84.8 cm³/mol. The van der Waals surface area contributed by atoms with Crippen LogP contribution in [0, 0.1) is 6.92 Å². The number of benzene rings is 1. The molecule has 120 valence electrons. The fourth-order valence-corrected chi connectivity index (χ4v) is 2.43. The lowest BCUT2D eigenvalue weighted by molar-refractivity contribution is -0.117. The second-order valence-electron chi connectivity index (χ2n) is 6.00. The third-order valence-electron chi connectivity index (χ3n) is 3.59. The third-order valence-corrected chi connectivity index (χ3v) is 3.59. The van der Waals surface area contributed by atoms with Crippen LogP contribution in [0.4, 0.5) is 5.69 Å². The normalized spacial score (nSPS) is 21.0. The van der Waals surface area contributed by atoms with Crippen LogP contribution < -0.4 is 16.0 Å². The van der Waals surface area contributed by atoms with Gasteiger partial charge in [-0.1, -0.05) is 6.07 Å². The average Bonchev–Trinajstić information content (AvgIpc) is 2.87. The van der Waals surface area contributed by atoms with Gasteiger partial charge in [0.2, 0.25) is 5.91 Å². The lowest BCUT2D eigenvalue weighted by atomic mass is 10.1. The van der Waals surface area contributed by atoms with E-state index in [1.54, 1.807) is 12.1 Å². The second kappa shape index (κ2) is 6.89. The molecule has 0 saturated carbocycles. The Hall–Kier alpha value is -1.92. The Labute approximate surface area is 130 Å². The minimum absolute atomic E-state index is 0.0503. The van der Waals surface area contributed by atoms with Gasteiger partial charge in [-0.25, -0.2) is 0 Å². The van der Waals surface area contributed by atoms with E-state index in [-0.39, 0.29) is 17.9 Å². The number of amides is 2. The molecule has 1 heterocycles. The molecule has 4 N–H and O–H groups in total. The van der Waals surface area contributed by atoms with E-state index in [1.165, 1.54) is 0 Å². The second-order valence-corrected chi connectivity index (χ2v) is 6.00. The number of aliphatic hydroxyl groups is 1. The van der Waals surface area contributed by atoms with Crippen LogP contribution in [0.1, 0.15) is 36.2 Å². The Morgan fingerprint density at radius 2 is 2.09 bits per heavy atom.